The predicted molar refractivity (Wildman–Crippen MR) is 59.8 cm³/mol. The summed E-state index contributed by atoms with van der Waals surface area (Å²) >= 11 is 0. The van der Waals surface area contributed by atoms with E-state index >= 15 is 0 Å². The lowest BCUT2D eigenvalue weighted by molar-refractivity contribution is -0.385. The number of hydrogen-bond donors (Lipinski definition) is 0. The van der Waals surface area contributed by atoms with Crippen molar-refractivity contribution in [2.45, 2.75) is 0 Å². The van der Waals surface area contributed by atoms with Crippen molar-refractivity contribution in [3.63, 3.8) is 0 Å². The summed E-state index contributed by atoms with van der Waals surface area (Å²) in [5.74, 6) is -0.305. The molecular formula is C11H12N2O4. The number of para-hydroxylation sites is 1. The molecule has 0 unspecified atom stereocenters. The summed E-state index contributed by atoms with van der Waals surface area (Å²) in [6.45, 7) is 1.91. The van der Waals surface area contributed by atoms with Crippen molar-refractivity contribution in [3.8, 4) is 0 Å². The van der Waals surface area contributed by atoms with Crippen LogP contribution in [0, 0.1) is 10.1 Å². The highest BCUT2D eigenvalue weighted by Gasteiger charge is 2.25. The number of ether oxygens (including phenoxy) is 1. The monoisotopic (exact) mass is 236 g/mol. The molecule has 0 radical (unpaired) electrons. The summed E-state index contributed by atoms with van der Waals surface area (Å²) in [6.07, 6.45) is 0. The van der Waals surface area contributed by atoms with Crippen molar-refractivity contribution in [1.82, 2.24) is 4.90 Å². The Morgan fingerprint density at radius 2 is 1.94 bits per heavy atom. The number of hydrogen-bond acceptors (Lipinski definition) is 4. The Kier molecular flexibility index (Phi) is 3.34. The second-order valence-corrected chi connectivity index (χ2v) is 3.68. The lowest BCUT2D eigenvalue weighted by Crippen LogP contribution is -2.40. The molecule has 0 aliphatic carbocycles. The summed E-state index contributed by atoms with van der Waals surface area (Å²) < 4.78 is 5.14. The molecule has 2 rings (SSSR count). The van der Waals surface area contributed by atoms with Crippen LogP contribution in [0.3, 0.4) is 0 Å². The summed E-state index contributed by atoms with van der Waals surface area (Å²) in [4.78, 5) is 24.0. The van der Waals surface area contributed by atoms with Gasteiger partial charge in [0.25, 0.3) is 11.6 Å². The van der Waals surface area contributed by atoms with E-state index in [0.717, 1.165) is 0 Å². The molecule has 17 heavy (non-hydrogen) atoms. The topological polar surface area (TPSA) is 72.7 Å². The molecule has 0 atom stereocenters. The van der Waals surface area contributed by atoms with Crippen LogP contribution in [-0.4, -0.2) is 42.0 Å². The highest BCUT2D eigenvalue weighted by molar-refractivity contribution is 5.98. The zero-order valence-electron chi connectivity index (χ0n) is 9.17. The average molecular weight is 236 g/mol. The lowest BCUT2D eigenvalue weighted by Gasteiger charge is -2.26. The third kappa shape index (κ3) is 2.42. The van der Waals surface area contributed by atoms with Gasteiger partial charge >= 0.3 is 0 Å². The fraction of sp³-hybridized carbons (Fsp3) is 0.364. The molecule has 0 N–H and O–H groups in total. The van der Waals surface area contributed by atoms with Crippen molar-refractivity contribution in [2.24, 2.45) is 0 Å². The van der Waals surface area contributed by atoms with E-state index in [-0.39, 0.29) is 17.2 Å². The standard InChI is InChI=1S/C11H12N2O4/c14-11(12-5-7-17-8-6-12)9-3-1-2-4-10(9)13(15)16/h1-4H,5-8H2. The van der Waals surface area contributed by atoms with Gasteiger partial charge in [0.2, 0.25) is 0 Å². The van der Waals surface area contributed by atoms with Gasteiger partial charge in [-0.25, -0.2) is 0 Å². The van der Waals surface area contributed by atoms with E-state index < -0.39 is 4.92 Å². The molecule has 1 aliphatic heterocycles. The number of morpholine rings is 1. The van der Waals surface area contributed by atoms with Crippen LogP contribution in [-0.2, 0) is 4.74 Å². The van der Waals surface area contributed by atoms with E-state index in [0.29, 0.717) is 26.3 Å². The largest absolute Gasteiger partial charge is 0.378 e. The van der Waals surface area contributed by atoms with Crippen molar-refractivity contribution in [2.75, 3.05) is 26.3 Å². The molecule has 0 aromatic heterocycles. The van der Waals surface area contributed by atoms with Crippen molar-refractivity contribution in [1.29, 1.82) is 0 Å². The number of benzene rings is 1. The van der Waals surface area contributed by atoms with Crippen molar-refractivity contribution in [3.05, 3.63) is 39.9 Å². The molecule has 6 heteroatoms. The number of nitro benzene ring substituents is 1. The minimum atomic E-state index is -0.534. The maximum Gasteiger partial charge on any atom is 0.282 e. The zero-order valence-corrected chi connectivity index (χ0v) is 9.17. The quantitative estimate of drug-likeness (QED) is 0.568. The van der Waals surface area contributed by atoms with Gasteiger partial charge in [0.15, 0.2) is 0 Å². The molecule has 1 aromatic rings. The van der Waals surface area contributed by atoms with E-state index in [1.807, 2.05) is 0 Å². The average Bonchev–Trinajstić information content (AvgIpc) is 2.39. The van der Waals surface area contributed by atoms with Crippen LogP contribution in [0.1, 0.15) is 10.4 Å². The summed E-state index contributed by atoms with van der Waals surface area (Å²) in [7, 11) is 0. The van der Waals surface area contributed by atoms with Crippen LogP contribution >= 0.6 is 0 Å². The SMILES string of the molecule is O=C(c1ccccc1[N+](=O)[O-])N1CCOCC1. The molecule has 1 amide bonds. The van der Waals surface area contributed by atoms with E-state index in [1.54, 1.807) is 17.0 Å². The number of amides is 1. The Hall–Kier alpha value is -1.95. The molecule has 0 saturated carbocycles. The fourth-order valence-electron chi connectivity index (χ4n) is 1.75. The highest BCUT2D eigenvalue weighted by atomic mass is 16.6. The van der Waals surface area contributed by atoms with E-state index in [4.69, 9.17) is 4.74 Å². The first-order valence-corrected chi connectivity index (χ1v) is 5.30. The van der Waals surface area contributed by atoms with Crippen LogP contribution in [0.2, 0.25) is 0 Å². The maximum atomic E-state index is 12.1. The molecule has 1 aliphatic rings. The predicted octanol–water partition coefficient (Wildman–Crippen LogP) is 1.07. The first kappa shape index (κ1) is 11.5. The zero-order chi connectivity index (χ0) is 12.3. The Morgan fingerprint density at radius 1 is 1.29 bits per heavy atom. The third-order valence-electron chi connectivity index (χ3n) is 2.63. The van der Waals surface area contributed by atoms with Gasteiger partial charge in [0.05, 0.1) is 18.1 Å². The summed E-state index contributed by atoms with van der Waals surface area (Å²) in [5.41, 5.74) is -0.0107. The molecule has 6 nitrogen and oxygen atoms in total. The molecule has 1 saturated heterocycles. The molecule has 0 spiro atoms. The molecule has 0 bridgehead atoms. The third-order valence-corrected chi connectivity index (χ3v) is 2.63. The second-order valence-electron chi connectivity index (χ2n) is 3.68. The van der Waals surface area contributed by atoms with Gasteiger partial charge in [-0.05, 0) is 6.07 Å². The van der Waals surface area contributed by atoms with Gasteiger partial charge in [-0.1, -0.05) is 12.1 Å². The Balaban J connectivity index is 2.26. The molecular weight excluding hydrogens is 224 g/mol. The number of nitrogens with zero attached hydrogens (tertiary/aromatic N) is 2. The van der Waals surface area contributed by atoms with E-state index in [1.165, 1.54) is 12.1 Å². The van der Waals surface area contributed by atoms with Gasteiger partial charge in [-0.2, -0.15) is 0 Å². The fourth-order valence-corrected chi connectivity index (χ4v) is 1.75. The van der Waals surface area contributed by atoms with Crippen LogP contribution in [0.15, 0.2) is 24.3 Å². The van der Waals surface area contributed by atoms with Gasteiger partial charge < -0.3 is 9.64 Å². The molecule has 90 valence electrons. The van der Waals surface area contributed by atoms with Crippen molar-refractivity contribution >= 4 is 11.6 Å². The summed E-state index contributed by atoms with van der Waals surface area (Å²) in [6, 6.07) is 6.00. The molecule has 1 aromatic carbocycles. The maximum absolute atomic E-state index is 12.1. The van der Waals surface area contributed by atoms with E-state index in [9.17, 15) is 14.9 Å². The Labute approximate surface area is 97.9 Å². The van der Waals surface area contributed by atoms with Gasteiger partial charge in [0, 0.05) is 19.2 Å². The van der Waals surface area contributed by atoms with Crippen molar-refractivity contribution < 1.29 is 14.5 Å². The minimum Gasteiger partial charge on any atom is -0.378 e. The highest BCUT2D eigenvalue weighted by Crippen LogP contribution is 2.19. The Bertz CT molecular complexity index is 441. The number of nitro groups is 1. The Morgan fingerprint density at radius 3 is 2.59 bits per heavy atom. The first-order chi connectivity index (χ1) is 8.20. The van der Waals surface area contributed by atoms with Crippen LogP contribution < -0.4 is 0 Å². The van der Waals surface area contributed by atoms with Crippen LogP contribution in [0.4, 0.5) is 5.69 Å². The number of carbonyl (C=O) groups is 1. The minimum absolute atomic E-state index is 0.138. The molecule has 1 fully saturated rings. The number of carbonyl (C=O) groups excluding carboxylic acids is 1. The van der Waals surface area contributed by atoms with E-state index in [2.05, 4.69) is 0 Å². The van der Waals surface area contributed by atoms with Crippen LogP contribution in [0.5, 0.6) is 0 Å². The normalized spacial score (nSPS) is 15.6. The summed E-state index contributed by atoms with van der Waals surface area (Å²) in [5, 5.41) is 10.8. The smallest absolute Gasteiger partial charge is 0.282 e. The van der Waals surface area contributed by atoms with Crippen LogP contribution in [0.25, 0.3) is 0 Å². The lowest BCUT2D eigenvalue weighted by atomic mass is 10.1. The number of rotatable bonds is 2. The second kappa shape index (κ2) is 4.92. The first-order valence-electron chi connectivity index (χ1n) is 5.30. The molecule has 1 heterocycles. The van der Waals surface area contributed by atoms with Gasteiger partial charge in [-0.15, -0.1) is 0 Å². The van der Waals surface area contributed by atoms with Gasteiger partial charge in [0.1, 0.15) is 5.56 Å². The van der Waals surface area contributed by atoms with Gasteiger partial charge in [-0.3, -0.25) is 14.9 Å².